The van der Waals surface area contributed by atoms with Crippen LogP contribution in [0.2, 0.25) is 0 Å². The van der Waals surface area contributed by atoms with Gasteiger partial charge in [0.05, 0.1) is 30.8 Å². The highest BCUT2D eigenvalue weighted by molar-refractivity contribution is 7.88. The fourth-order valence-corrected chi connectivity index (χ4v) is 6.08. The summed E-state index contributed by atoms with van der Waals surface area (Å²) in [6.45, 7) is 4.81. The normalized spacial score (nSPS) is 30.5. The molecule has 0 unspecified atom stereocenters. The summed E-state index contributed by atoms with van der Waals surface area (Å²) in [7, 11) is -3.60. The van der Waals surface area contributed by atoms with Crippen LogP contribution < -0.4 is 0 Å². The lowest BCUT2D eigenvalue weighted by Gasteiger charge is -2.30. The molecular weight excluding hydrogens is 354 g/mol. The summed E-state index contributed by atoms with van der Waals surface area (Å²) in [5.74, 6) is -0.671. The third-order valence-corrected chi connectivity index (χ3v) is 7.17. The average molecular weight is 386 g/mol. The molecule has 3 aliphatic rings. The lowest BCUT2D eigenvalue weighted by molar-refractivity contribution is -0.135. The molecule has 3 atom stereocenters. The van der Waals surface area contributed by atoms with Crippen LogP contribution in [0.25, 0.3) is 0 Å². The molecule has 8 heteroatoms. The molecule has 0 aromatic heterocycles. The topological polar surface area (TPSA) is 78.0 Å². The minimum absolute atomic E-state index is 0.0451. The summed E-state index contributed by atoms with van der Waals surface area (Å²) >= 11 is 0. The number of rotatable bonds is 5. The molecule has 7 nitrogen and oxygen atoms in total. The van der Waals surface area contributed by atoms with Gasteiger partial charge in [0.25, 0.3) is 0 Å². The van der Waals surface area contributed by atoms with E-state index in [0.29, 0.717) is 25.9 Å². The number of likely N-dealkylation sites (tertiary alicyclic amines) is 2. The van der Waals surface area contributed by atoms with Crippen LogP contribution in [0.5, 0.6) is 0 Å². The van der Waals surface area contributed by atoms with Crippen molar-refractivity contribution in [3.05, 3.63) is 0 Å². The molecule has 3 heterocycles. The lowest BCUT2D eigenvalue weighted by atomic mass is 9.94. The quantitative estimate of drug-likeness (QED) is 0.707. The Kier molecular flexibility index (Phi) is 5.91. The highest BCUT2D eigenvalue weighted by Gasteiger charge is 2.57. The van der Waals surface area contributed by atoms with Crippen LogP contribution >= 0.6 is 0 Å². The molecule has 148 valence electrons. The van der Waals surface area contributed by atoms with Crippen molar-refractivity contribution in [2.24, 2.45) is 5.92 Å². The Hall–Kier alpha value is -1.15. The predicted octanol–water partition coefficient (Wildman–Crippen LogP) is 1.05. The van der Waals surface area contributed by atoms with Crippen molar-refractivity contribution in [2.45, 2.75) is 64.0 Å². The minimum atomic E-state index is -3.60. The summed E-state index contributed by atoms with van der Waals surface area (Å²) in [5.41, 5.74) is 0. The second-order valence-corrected chi connectivity index (χ2v) is 9.78. The minimum Gasteiger partial charge on any atom is -0.336 e. The van der Waals surface area contributed by atoms with Crippen LogP contribution in [-0.4, -0.2) is 78.9 Å². The van der Waals surface area contributed by atoms with Gasteiger partial charge in [-0.2, -0.15) is 0 Å². The van der Waals surface area contributed by atoms with Crippen LogP contribution in [0.15, 0.2) is 0 Å². The largest absolute Gasteiger partial charge is 0.336 e. The summed E-state index contributed by atoms with van der Waals surface area (Å²) in [5, 5.41) is 0. The maximum Gasteiger partial charge on any atom is 0.241 e. The predicted molar refractivity (Wildman–Crippen MR) is 98.9 cm³/mol. The van der Waals surface area contributed by atoms with Gasteiger partial charge in [0.2, 0.25) is 21.8 Å². The fourth-order valence-electron chi connectivity index (χ4n) is 4.90. The van der Waals surface area contributed by atoms with E-state index in [2.05, 4.69) is 4.90 Å². The van der Waals surface area contributed by atoms with E-state index in [4.69, 9.17) is 0 Å². The van der Waals surface area contributed by atoms with E-state index in [1.165, 1.54) is 12.8 Å². The highest BCUT2D eigenvalue weighted by Crippen LogP contribution is 2.40. The van der Waals surface area contributed by atoms with Crippen LogP contribution in [0, 0.1) is 5.92 Å². The molecule has 0 aliphatic carbocycles. The molecule has 26 heavy (non-hydrogen) atoms. The number of fused-ring (bicyclic) bond motifs is 1. The molecule has 0 N–H and O–H groups in total. The second-order valence-electron chi connectivity index (χ2n) is 7.92. The SMILES string of the molecule is CCC[C@H]1C(=O)N(S(C)(=O)=O)[C@H]2CCN(C(=O)CN3CCCCCC3)[C@H]12. The zero-order valence-electron chi connectivity index (χ0n) is 15.9. The van der Waals surface area contributed by atoms with Crippen molar-refractivity contribution >= 4 is 21.8 Å². The van der Waals surface area contributed by atoms with E-state index in [-0.39, 0.29) is 23.9 Å². The van der Waals surface area contributed by atoms with Gasteiger partial charge in [-0.25, -0.2) is 12.7 Å². The molecule has 3 saturated heterocycles. The molecule has 3 rings (SSSR count). The van der Waals surface area contributed by atoms with E-state index >= 15 is 0 Å². The van der Waals surface area contributed by atoms with E-state index in [1.807, 2.05) is 6.92 Å². The first-order valence-electron chi connectivity index (χ1n) is 9.89. The number of hydrogen-bond acceptors (Lipinski definition) is 5. The van der Waals surface area contributed by atoms with Crippen molar-refractivity contribution in [3.63, 3.8) is 0 Å². The van der Waals surface area contributed by atoms with Gasteiger partial charge < -0.3 is 4.90 Å². The van der Waals surface area contributed by atoms with Crippen LogP contribution in [0.1, 0.15) is 51.9 Å². The van der Waals surface area contributed by atoms with Crippen molar-refractivity contribution in [1.82, 2.24) is 14.1 Å². The molecule has 0 bridgehead atoms. The van der Waals surface area contributed by atoms with Gasteiger partial charge in [-0.15, -0.1) is 0 Å². The van der Waals surface area contributed by atoms with Gasteiger partial charge in [0.15, 0.2) is 0 Å². The standard InChI is InChI=1S/C18H31N3O4S/c1-3-8-14-17-15(21(18(14)23)26(2,24)25)9-12-20(17)16(22)13-19-10-6-4-5-7-11-19/h14-15,17H,3-13H2,1-2H3/t14-,15+,17-/m1/s1. The first kappa shape index (κ1) is 19.6. The van der Waals surface area contributed by atoms with Crippen molar-refractivity contribution < 1.29 is 18.0 Å². The first-order valence-corrected chi connectivity index (χ1v) is 11.7. The van der Waals surface area contributed by atoms with Crippen molar-refractivity contribution in [3.8, 4) is 0 Å². The maximum absolute atomic E-state index is 13.0. The zero-order chi connectivity index (χ0) is 18.9. The van der Waals surface area contributed by atoms with Gasteiger partial charge in [-0.1, -0.05) is 26.2 Å². The van der Waals surface area contributed by atoms with E-state index in [1.54, 1.807) is 4.90 Å². The monoisotopic (exact) mass is 385 g/mol. The Balaban J connectivity index is 1.77. The van der Waals surface area contributed by atoms with Crippen molar-refractivity contribution in [1.29, 1.82) is 0 Å². The van der Waals surface area contributed by atoms with E-state index in [0.717, 1.165) is 42.9 Å². The Bertz CT molecular complexity index is 643. The van der Waals surface area contributed by atoms with Gasteiger partial charge in [0, 0.05) is 6.54 Å². The van der Waals surface area contributed by atoms with Crippen LogP contribution in [0.4, 0.5) is 0 Å². The Labute approximate surface area is 156 Å². The van der Waals surface area contributed by atoms with Gasteiger partial charge in [0.1, 0.15) is 0 Å². The first-order chi connectivity index (χ1) is 12.3. The summed E-state index contributed by atoms with van der Waals surface area (Å²) in [6, 6.07) is -0.682. The fraction of sp³-hybridized carbons (Fsp3) is 0.889. The molecule has 0 aromatic carbocycles. The average Bonchev–Trinajstić information content (AvgIpc) is 2.96. The maximum atomic E-state index is 13.0. The molecule has 0 spiro atoms. The number of nitrogens with zero attached hydrogens (tertiary/aromatic N) is 3. The Morgan fingerprint density at radius 2 is 1.77 bits per heavy atom. The third-order valence-electron chi connectivity index (χ3n) is 6.00. The zero-order valence-corrected chi connectivity index (χ0v) is 16.7. The Morgan fingerprint density at radius 1 is 1.12 bits per heavy atom. The second kappa shape index (κ2) is 7.84. The molecule has 3 aliphatic heterocycles. The van der Waals surface area contributed by atoms with Crippen molar-refractivity contribution in [2.75, 3.05) is 32.4 Å². The van der Waals surface area contributed by atoms with Gasteiger partial charge in [-0.05, 0) is 38.8 Å². The lowest BCUT2D eigenvalue weighted by Crippen LogP contribution is -2.47. The van der Waals surface area contributed by atoms with E-state index < -0.39 is 15.9 Å². The van der Waals surface area contributed by atoms with E-state index in [9.17, 15) is 18.0 Å². The molecule has 0 saturated carbocycles. The van der Waals surface area contributed by atoms with Gasteiger partial charge >= 0.3 is 0 Å². The smallest absolute Gasteiger partial charge is 0.241 e. The number of sulfonamides is 1. The number of amides is 2. The molecule has 2 amide bonds. The third kappa shape index (κ3) is 3.76. The van der Waals surface area contributed by atoms with Crippen LogP contribution in [-0.2, 0) is 19.6 Å². The molecule has 0 aromatic rings. The highest BCUT2D eigenvalue weighted by atomic mass is 32.2. The summed E-state index contributed by atoms with van der Waals surface area (Å²) < 4.78 is 25.4. The number of carbonyl (C=O) groups excluding carboxylic acids is 2. The van der Waals surface area contributed by atoms with Gasteiger partial charge in [-0.3, -0.25) is 14.5 Å². The Morgan fingerprint density at radius 3 is 2.35 bits per heavy atom. The van der Waals surface area contributed by atoms with Crippen LogP contribution in [0.3, 0.4) is 0 Å². The molecule has 0 radical (unpaired) electrons. The number of carbonyl (C=O) groups is 2. The number of hydrogen-bond donors (Lipinski definition) is 0. The molecular formula is C18H31N3O4S. The molecule has 3 fully saturated rings. The summed E-state index contributed by atoms with van der Waals surface area (Å²) in [4.78, 5) is 29.8. The summed E-state index contributed by atoms with van der Waals surface area (Å²) in [6.07, 6.45) is 7.75.